The van der Waals surface area contributed by atoms with Crippen molar-refractivity contribution in [1.29, 1.82) is 0 Å². The summed E-state index contributed by atoms with van der Waals surface area (Å²) in [5.41, 5.74) is 7.01. The average Bonchev–Trinajstić information content (AvgIpc) is 3.52. The Morgan fingerprint density at radius 2 is 1.71 bits per heavy atom. The van der Waals surface area contributed by atoms with Crippen LogP contribution in [0, 0.1) is 5.82 Å². The van der Waals surface area contributed by atoms with E-state index in [9.17, 15) is 9.18 Å². The molecule has 0 fully saturated rings. The number of aromatic amines is 2. The third kappa shape index (κ3) is 4.48. The van der Waals surface area contributed by atoms with E-state index in [2.05, 4.69) is 35.5 Å². The number of aromatic nitrogens is 6. The van der Waals surface area contributed by atoms with E-state index in [0.29, 0.717) is 17.0 Å². The number of nitrogens with zero attached hydrogens (tertiary/aromatic N) is 5. The van der Waals surface area contributed by atoms with Gasteiger partial charge in [0.05, 0.1) is 35.8 Å². The molecule has 3 N–H and O–H groups in total. The minimum Gasteiger partial charge on any atom is -0.352 e. The van der Waals surface area contributed by atoms with E-state index < -0.39 is 0 Å². The van der Waals surface area contributed by atoms with Gasteiger partial charge >= 0.3 is 0 Å². The number of carbonyl (C=O) groups is 1. The highest BCUT2D eigenvalue weighted by Gasteiger charge is 2.16. The maximum atomic E-state index is 13.5. The molecular formula is C28H23FN8O. The zero-order chi connectivity index (χ0) is 26.2. The van der Waals surface area contributed by atoms with Gasteiger partial charge in [0.2, 0.25) is 5.91 Å². The number of hydrogen-bond donors (Lipinski definition) is 3. The predicted molar refractivity (Wildman–Crippen MR) is 145 cm³/mol. The predicted octanol–water partition coefficient (Wildman–Crippen LogP) is 4.87. The number of fused-ring (bicyclic) bond motifs is 2. The topological polar surface area (TPSA) is 115 Å². The second-order valence-corrected chi connectivity index (χ2v) is 9.28. The third-order valence-corrected chi connectivity index (χ3v) is 6.19. The first-order valence-electron chi connectivity index (χ1n) is 11.9. The molecule has 0 unspecified atom stereocenters. The molecule has 0 atom stereocenters. The van der Waals surface area contributed by atoms with Gasteiger partial charge in [0.15, 0.2) is 5.65 Å². The molecule has 1 amide bonds. The Bertz CT molecular complexity index is 1790. The van der Waals surface area contributed by atoms with E-state index in [1.807, 2.05) is 32.3 Å². The van der Waals surface area contributed by atoms with Crippen LogP contribution in [0.2, 0.25) is 0 Å². The summed E-state index contributed by atoms with van der Waals surface area (Å²) < 4.78 is 13.5. The summed E-state index contributed by atoms with van der Waals surface area (Å²) in [7, 11) is 3.68. The Morgan fingerprint density at radius 1 is 0.921 bits per heavy atom. The van der Waals surface area contributed by atoms with Crippen molar-refractivity contribution in [3.63, 3.8) is 0 Å². The lowest BCUT2D eigenvalue weighted by molar-refractivity contribution is -0.116. The van der Waals surface area contributed by atoms with Crippen LogP contribution in [-0.4, -0.2) is 61.6 Å². The molecule has 38 heavy (non-hydrogen) atoms. The number of H-pyrrole nitrogens is 2. The number of pyridine rings is 3. The summed E-state index contributed by atoms with van der Waals surface area (Å²) in [6.07, 6.45) is 8.62. The number of amides is 1. The van der Waals surface area contributed by atoms with Gasteiger partial charge in [-0.3, -0.25) is 19.9 Å². The van der Waals surface area contributed by atoms with E-state index in [1.165, 1.54) is 12.1 Å². The summed E-state index contributed by atoms with van der Waals surface area (Å²) in [6.45, 7) is 0.277. The number of rotatable bonds is 6. The summed E-state index contributed by atoms with van der Waals surface area (Å²) in [5, 5.41) is 12.2. The van der Waals surface area contributed by atoms with Gasteiger partial charge in [-0.25, -0.2) is 9.37 Å². The molecule has 188 valence electrons. The van der Waals surface area contributed by atoms with Gasteiger partial charge < -0.3 is 15.2 Å². The molecule has 9 nitrogen and oxygen atoms in total. The minimum absolute atomic E-state index is 0.118. The largest absolute Gasteiger partial charge is 0.352 e. The molecule has 5 aromatic heterocycles. The van der Waals surface area contributed by atoms with Gasteiger partial charge in [-0.2, -0.15) is 5.10 Å². The monoisotopic (exact) mass is 506 g/mol. The normalized spacial score (nSPS) is 11.5. The first kappa shape index (κ1) is 23.4. The lowest BCUT2D eigenvalue weighted by Gasteiger charge is -2.10. The number of carbonyl (C=O) groups excluding carboxylic acids is 1. The lowest BCUT2D eigenvalue weighted by atomic mass is 10.0. The highest BCUT2D eigenvalue weighted by Crippen LogP contribution is 2.34. The number of benzene rings is 1. The number of halogens is 1. The molecule has 0 bridgehead atoms. The molecule has 6 aromatic rings. The van der Waals surface area contributed by atoms with Crippen LogP contribution in [0.3, 0.4) is 0 Å². The van der Waals surface area contributed by atoms with Gasteiger partial charge in [-0.1, -0.05) is 12.1 Å². The van der Waals surface area contributed by atoms with Crippen LogP contribution in [0.5, 0.6) is 0 Å². The first-order valence-corrected chi connectivity index (χ1v) is 11.9. The molecule has 6 rings (SSSR count). The van der Waals surface area contributed by atoms with E-state index in [0.717, 1.165) is 44.2 Å². The Kier molecular flexibility index (Phi) is 5.85. The van der Waals surface area contributed by atoms with Crippen LogP contribution in [0.4, 0.5) is 10.1 Å². The summed E-state index contributed by atoms with van der Waals surface area (Å²) in [5.74, 6) is -0.403. The van der Waals surface area contributed by atoms with Crippen LogP contribution in [0.15, 0.2) is 73.4 Å². The number of likely N-dealkylation sites (N-methyl/N-ethyl adjacent to an activating group) is 1. The molecule has 10 heteroatoms. The molecule has 0 aliphatic carbocycles. The average molecular weight is 507 g/mol. The molecule has 0 saturated carbocycles. The summed E-state index contributed by atoms with van der Waals surface area (Å²) >= 11 is 0. The zero-order valence-electron chi connectivity index (χ0n) is 20.7. The zero-order valence-corrected chi connectivity index (χ0v) is 20.7. The van der Waals surface area contributed by atoms with Gasteiger partial charge in [0.1, 0.15) is 11.5 Å². The maximum absolute atomic E-state index is 13.5. The maximum Gasteiger partial charge on any atom is 0.238 e. The van der Waals surface area contributed by atoms with Gasteiger partial charge in [0, 0.05) is 46.1 Å². The molecule has 5 heterocycles. The molecule has 1 aromatic carbocycles. The number of anilines is 1. The number of nitrogens with one attached hydrogen (secondary N) is 3. The lowest BCUT2D eigenvalue weighted by Crippen LogP contribution is -2.27. The smallest absolute Gasteiger partial charge is 0.238 e. The fourth-order valence-corrected chi connectivity index (χ4v) is 4.46. The highest BCUT2D eigenvalue weighted by atomic mass is 19.1. The summed E-state index contributed by atoms with van der Waals surface area (Å²) in [4.78, 5) is 30.6. The first-order chi connectivity index (χ1) is 18.4. The Hall–Kier alpha value is -4.96. The molecular weight excluding hydrogens is 483 g/mol. The van der Waals surface area contributed by atoms with Crippen molar-refractivity contribution in [2.24, 2.45) is 0 Å². The van der Waals surface area contributed by atoms with Crippen molar-refractivity contribution in [1.82, 2.24) is 35.0 Å². The van der Waals surface area contributed by atoms with Gasteiger partial charge in [-0.05, 0) is 50.0 Å². The van der Waals surface area contributed by atoms with Gasteiger partial charge in [-0.15, -0.1) is 0 Å². The van der Waals surface area contributed by atoms with Crippen LogP contribution in [-0.2, 0) is 4.79 Å². The van der Waals surface area contributed by atoms with E-state index in [-0.39, 0.29) is 18.3 Å². The van der Waals surface area contributed by atoms with Crippen molar-refractivity contribution in [2.45, 2.75) is 0 Å². The van der Waals surface area contributed by atoms with Crippen LogP contribution in [0.1, 0.15) is 0 Å². The van der Waals surface area contributed by atoms with Crippen molar-refractivity contribution in [3.8, 4) is 33.6 Å². The fourth-order valence-electron chi connectivity index (χ4n) is 4.46. The van der Waals surface area contributed by atoms with Gasteiger partial charge in [0.25, 0.3) is 0 Å². The van der Waals surface area contributed by atoms with Crippen LogP contribution in [0.25, 0.3) is 55.6 Å². The minimum atomic E-state index is -0.286. The van der Waals surface area contributed by atoms with E-state index in [4.69, 9.17) is 0 Å². The second kappa shape index (κ2) is 9.49. The van der Waals surface area contributed by atoms with Crippen molar-refractivity contribution >= 4 is 33.5 Å². The van der Waals surface area contributed by atoms with Crippen LogP contribution >= 0.6 is 0 Å². The second-order valence-electron chi connectivity index (χ2n) is 9.28. The fraction of sp³-hybridized carbons (Fsp3) is 0.107. The highest BCUT2D eigenvalue weighted by molar-refractivity contribution is 6.00. The molecule has 0 saturated heterocycles. The molecule has 0 radical (unpaired) electrons. The Balaban J connectivity index is 1.38. The molecule has 0 spiro atoms. The van der Waals surface area contributed by atoms with Crippen molar-refractivity contribution < 1.29 is 9.18 Å². The van der Waals surface area contributed by atoms with E-state index in [1.54, 1.807) is 48.0 Å². The van der Waals surface area contributed by atoms with Crippen molar-refractivity contribution in [3.05, 3.63) is 79.3 Å². The Labute approximate surface area is 216 Å². The quantitative estimate of drug-likeness (QED) is 0.297. The van der Waals surface area contributed by atoms with E-state index >= 15 is 0 Å². The number of hydrogen-bond acceptors (Lipinski definition) is 6. The van der Waals surface area contributed by atoms with Crippen LogP contribution < -0.4 is 5.32 Å². The Morgan fingerprint density at radius 3 is 2.53 bits per heavy atom. The van der Waals surface area contributed by atoms with Crippen molar-refractivity contribution in [2.75, 3.05) is 26.0 Å². The SMILES string of the molecule is CN(C)CC(=O)Nc1cncc(-c2cnc3[nH]nc(-c4cc5c(-c6ccc(F)cc6)cncc5[nH]4)c3c2)c1. The standard InChI is InChI=1S/C28H23FN8O/c1-37(2)15-26(38)33-20-7-17(10-30-12-20)18-8-22-27(35-36-28(22)32-11-18)24-9-21-23(13-31-14-25(21)34-24)16-3-5-19(29)6-4-16/h3-14,34H,15H2,1-2H3,(H,33,38)(H,32,35,36). The molecule has 0 aliphatic rings. The third-order valence-electron chi connectivity index (χ3n) is 6.19. The molecule has 0 aliphatic heterocycles. The summed E-state index contributed by atoms with van der Waals surface area (Å²) in [6, 6.07) is 12.2.